The highest BCUT2D eigenvalue weighted by Crippen LogP contribution is 2.36. The summed E-state index contributed by atoms with van der Waals surface area (Å²) in [6.07, 6.45) is 0.221. The molecule has 2 aliphatic heterocycles. The largest absolute Gasteiger partial charge is 0.497 e. The number of piperazine rings is 1. The molecule has 2 aliphatic rings. The van der Waals surface area contributed by atoms with E-state index in [1.807, 2.05) is 35.2 Å². The molecule has 0 radical (unpaired) electrons. The molecule has 176 valence electrons. The van der Waals surface area contributed by atoms with Crippen LogP contribution in [0, 0.1) is 5.92 Å². The molecule has 0 N–H and O–H groups in total. The SMILES string of the molecule is COc1ccc(N2C[C@H](C(=O)N3CCN(CCOc4ccccc4)CC3)CC2=O)c(OC)c1. The maximum absolute atomic E-state index is 13.1. The number of methoxy groups -OCH3 is 2. The van der Waals surface area contributed by atoms with E-state index in [1.54, 1.807) is 37.3 Å². The van der Waals surface area contributed by atoms with Crippen molar-refractivity contribution < 1.29 is 23.8 Å². The minimum atomic E-state index is -0.336. The second-order valence-electron chi connectivity index (χ2n) is 8.27. The fraction of sp³-hybridized carbons (Fsp3) is 0.440. The minimum absolute atomic E-state index is 0.0542. The average Bonchev–Trinajstić information content (AvgIpc) is 3.25. The Labute approximate surface area is 194 Å². The average molecular weight is 454 g/mol. The Morgan fingerprint density at radius 2 is 1.73 bits per heavy atom. The first-order valence-corrected chi connectivity index (χ1v) is 11.3. The second kappa shape index (κ2) is 10.6. The van der Waals surface area contributed by atoms with Crippen molar-refractivity contribution in [3.63, 3.8) is 0 Å². The maximum atomic E-state index is 13.1. The number of para-hydroxylation sites is 1. The molecule has 2 fully saturated rings. The van der Waals surface area contributed by atoms with Gasteiger partial charge in [-0.2, -0.15) is 0 Å². The molecule has 2 aromatic rings. The third-order valence-corrected chi connectivity index (χ3v) is 6.26. The lowest BCUT2D eigenvalue weighted by atomic mass is 10.1. The molecule has 33 heavy (non-hydrogen) atoms. The highest BCUT2D eigenvalue weighted by Gasteiger charge is 2.38. The summed E-state index contributed by atoms with van der Waals surface area (Å²) in [5.41, 5.74) is 0.668. The highest BCUT2D eigenvalue weighted by atomic mass is 16.5. The summed E-state index contributed by atoms with van der Waals surface area (Å²) in [6, 6.07) is 15.1. The number of hydrogen-bond donors (Lipinski definition) is 0. The standard InChI is InChI=1S/C25H31N3O5/c1-31-21-8-9-22(23(17-21)32-2)28-18-19(16-24(28)29)25(30)27-12-10-26(11-13-27)14-15-33-20-6-4-3-5-7-20/h3-9,17,19H,10-16,18H2,1-2H3/t19-/m1/s1. The number of ether oxygens (including phenoxy) is 3. The van der Waals surface area contributed by atoms with Crippen LogP contribution in [-0.2, 0) is 9.59 Å². The Morgan fingerprint density at radius 1 is 0.970 bits per heavy atom. The van der Waals surface area contributed by atoms with E-state index in [0.717, 1.165) is 25.4 Å². The van der Waals surface area contributed by atoms with Crippen molar-refractivity contribution in [1.82, 2.24) is 9.80 Å². The lowest BCUT2D eigenvalue weighted by Gasteiger charge is -2.35. The maximum Gasteiger partial charge on any atom is 0.228 e. The number of rotatable bonds is 8. The van der Waals surface area contributed by atoms with E-state index < -0.39 is 0 Å². The van der Waals surface area contributed by atoms with E-state index in [4.69, 9.17) is 14.2 Å². The zero-order valence-corrected chi connectivity index (χ0v) is 19.2. The Bertz CT molecular complexity index is 960. The molecule has 8 nitrogen and oxygen atoms in total. The zero-order valence-electron chi connectivity index (χ0n) is 19.2. The number of nitrogens with zero attached hydrogens (tertiary/aromatic N) is 3. The van der Waals surface area contributed by atoms with Crippen LogP contribution in [0.4, 0.5) is 5.69 Å². The third kappa shape index (κ3) is 5.39. The van der Waals surface area contributed by atoms with Gasteiger partial charge in [0.15, 0.2) is 0 Å². The first-order chi connectivity index (χ1) is 16.1. The fourth-order valence-corrected chi connectivity index (χ4v) is 4.37. The quantitative estimate of drug-likeness (QED) is 0.611. The normalized spacial score (nSPS) is 19.0. The summed E-state index contributed by atoms with van der Waals surface area (Å²) in [6.45, 7) is 4.76. The van der Waals surface area contributed by atoms with Crippen molar-refractivity contribution in [1.29, 1.82) is 0 Å². The summed E-state index contributed by atoms with van der Waals surface area (Å²) in [4.78, 5) is 31.7. The van der Waals surface area contributed by atoms with Gasteiger partial charge < -0.3 is 24.0 Å². The van der Waals surface area contributed by atoms with E-state index in [0.29, 0.717) is 43.4 Å². The van der Waals surface area contributed by atoms with Crippen LogP contribution in [0.25, 0.3) is 0 Å². The van der Waals surface area contributed by atoms with Gasteiger partial charge >= 0.3 is 0 Å². The summed E-state index contributed by atoms with van der Waals surface area (Å²) < 4.78 is 16.5. The van der Waals surface area contributed by atoms with E-state index in [2.05, 4.69) is 4.90 Å². The molecule has 0 saturated carbocycles. The lowest BCUT2D eigenvalue weighted by molar-refractivity contribution is -0.137. The van der Waals surface area contributed by atoms with Crippen molar-refractivity contribution in [3.05, 3.63) is 48.5 Å². The van der Waals surface area contributed by atoms with E-state index in [1.165, 1.54) is 0 Å². The predicted octanol–water partition coefficient (Wildman–Crippen LogP) is 2.28. The molecular formula is C25H31N3O5. The van der Waals surface area contributed by atoms with Crippen LogP contribution in [-0.4, -0.2) is 81.7 Å². The van der Waals surface area contributed by atoms with Crippen LogP contribution in [0.3, 0.4) is 0 Å². The van der Waals surface area contributed by atoms with Crippen LogP contribution < -0.4 is 19.1 Å². The van der Waals surface area contributed by atoms with Crippen LogP contribution in [0.1, 0.15) is 6.42 Å². The summed E-state index contributed by atoms with van der Waals surface area (Å²) in [7, 11) is 3.14. The molecular weight excluding hydrogens is 422 g/mol. The predicted molar refractivity (Wildman–Crippen MR) is 125 cm³/mol. The fourth-order valence-electron chi connectivity index (χ4n) is 4.37. The molecule has 2 saturated heterocycles. The second-order valence-corrected chi connectivity index (χ2v) is 8.27. The Kier molecular flexibility index (Phi) is 7.34. The molecule has 1 atom stereocenters. The van der Waals surface area contributed by atoms with Gasteiger partial charge in [-0.15, -0.1) is 0 Å². The van der Waals surface area contributed by atoms with Crippen molar-refractivity contribution in [2.75, 3.05) is 65.0 Å². The van der Waals surface area contributed by atoms with Gasteiger partial charge in [-0.25, -0.2) is 0 Å². The van der Waals surface area contributed by atoms with Gasteiger partial charge in [-0.05, 0) is 24.3 Å². The molecule has 4 rings (SSSR count). The number of hydrogen-bond acceptors (Lipinski definition) is 6. The first kappa shape index (κ1) is 22.9. The number of amides is 2. The first-order valence-electron chi connectivity index (χ1n) is 11.3. The third-order valence-electron chi connectivity index (χ3n) is 6.26. The van der Waals surface area contributed by atoms with Gasteiger partial charge in [0.05, 0.1) is 25.8 Å². The minimum Gasteiger partial charge on any atom is -0.497 e. The molecule has 2 heterocycles. The molecule has 0 unspecified atom stereocenters. The van der Waals surface area contributed by atoms with E-state index in [9.17, 15) is 9.59 Å². The van der Waals surface area contributed by atoms with Crippen LogP contribution >= 0.6 is 0 Å². The zero-order chi connectivity index (χ0) is 23.2. The van der Waals surface area contributed by atoms with Crippen molar-refractivity contribution in [3.8, 4) is 17.2 Å². The molecule has 0 aliphatic carbocycles. The number of anilines is 1. The Morgan fingerprint density at radius 3 is 2.42 bits per heavy atom. The smallest absolute Gasteiger partial charge is 0.228 e. The van der Waals surface area contributed by atoms with Crippen molar-refractivity contribution in [2.45, 2.75) is 6.42 Å². The summed E-state index contributed by atoms with van der Waals surface area (Å²) in [5.74, 6) is 1.74. The van der Waals surface area contributed by atoms with Gasteiger partial charge in [0.25, 0.3) is 0 Å². The molecule has 2 amide bonds. The monoisotopic (exact) mass is 453 g/mol. The van der Waals surface area contributed by atoms with Crippen molar-refractivity contribution >= 4 is 17.5 Å². The molecule has 8 heteroatoms. The van der Waals surface area contributed by atoms with Crippen LogP contribution in [0.5, 0.6) is 17.2 Å². The van der Waals surface area contributed by atoms with Gasteiger partial charge in [-0.3, -0.25) is 14.5 Å². The van der Waals surface area contributed by atoms with E-state index >= 15 is 0 Å². The lowest BCUT2D eigenvalue weighted by Crippen LogP contribution is -2.51. The number of benzene rings is 2. The van der Waals surface area contributed by atoms with Gasteiger partial charge in [0, 0.05) is 51.8 Å². The van der Waals surface area contributed by atoms with Gasteiger partial charge in [-0.1, -0.05) is 18.2 Å². The number of carbonyl (C=O) groups is 2. The molecule has 0 bridgehead atoms. The Hall–Kier alpha value is -3.26. The van der Waals surface area contributed by atoms with Gasteiger partial charge in [0.1, 0.15) is 23.9 Å². The molecule has 2 aromatic carbocycles. The Balaban J connectivity index is 1.28. The number of carbonyl (C=O) groups excluding carboxylic acids is 2. The van der Waals surface area contributed by atoms with Crippen LogP contribution in [0.2, 0.25) is 0 Å². The summed E-state index contributed by atoms with van der Waals surface area (Å²) >= 11 is 0. The topological polar surface area (TPSA) is 71.5 Å². The summed E-state index contributed by atoms with van der Waals surface area (Å²) in [5, 5.41) is 0. The van der Waals surface area contributed by atoms with Crippen molar-refractivity contribution in [2.24, 2.45) is 5.92 Å². The van der Waals surface area contributed by atoms with Gasteiger partial charge in [0.2, 0.25) is 11.8 Å². The molecule has 0 aromatic heterocycles. The highest BCUT2D eigenvalue weighted by molar-refractivity contribution is 6.01. The molecule has 0 spiro atoms. The van der Waals surface area contributed by atoms with Crippen LogP contribution in [0.15, 0.2) is 48.5 Å². The van der Waals surface area contributed by atoms with E-state index in [-0.39, 0.29) is 24.2 Å².